The Bertz CT molecular complexity index is 1010. The lowest BCUT2D eigenvalue weighted by atomic mass is 9.99. The summed E-state index contributed by atoms with van der Waals surface area (Å²) in [6, 6.07) is 15.4. The highest BCUT2D eigenvalue weighted by atomic mass is 19.1. The van der Waals surface area contributed by atoms with E-state index in [1.807, 2.05) is 35.2 Å². The first-order valence-electron chi connectivity index (χ1n) is 9.97. The van der Waals surface area contributed by atoms with Crippen LogP contribution in [0.15, 0.2) is 60.8 Å². The van der Waals surface area contributed by atoms with Crippen LogP contribution in [0.4, 0.5) is 10.3 Å². The topological polar surface area (TPSA) is 81.3 Å². The van der Waals surface area contributed by atoms with Gasteiger partial charge in [-0.15, -0.1) is 0 Å². The SMILES string of the molecule is Nc1ncc(-c2ccc(F)cc2)c([C@@H]2CCCN2C(=O)CCOc2ccccc2)n1. The van der Waals surface area contributed by atoms with Gasteiger partial charge in [0.1, 0.15) is 11.6 Å². The predicted octanol–water partition coefficient (Wildman–Crippen LogP) is 4.00. The highest BCUT2D eigenvalue weighted by Crippen LogP contribution is 2.37. The van der Waals surface area contributed by atoms with Gasteiger partial charge in [0.2, 0.25) is 11.9 Å². The Labute approximate surface area is 174 Å². The molecule has 3 aromatic rings. The van der Waals surface area contributed by atoms with Gasteiger partial charge >= 0.3 is 0 Å². The maximum atomic E-state index is 13.4. The van der Waals surface area contributed by atoms with Gasteiger partial charge in [-0.25, -0.2) is 14.4 Å². The first-order valence-corrected chi connectivity index (χ1v) is 9.97. The molecule has 4 rings (SSSR count). The fourth-order valence-corrected chi connectivity index (χ4v) is 3.78. The number of anilines is 1. The number of para-hydroxylation sites is 1. The highest BCUT2D eigenvalue weighted by molar-refractivity contribution is 5.78. The molecule has 1 saturated heterocycles. The molecular formula is C23H23FN4O2. The molecule has 0 saturated carbocycles. The number of aromatic nitrogens is 2. The normalized spacial score (nSPS) is 15.9. The Kier molecular flexibility index (Phi) is 5.88. The monoisotopic (exact) mass is 406 g/mol. The summed E-state index contributed by atoms with van der Waals surface area (Å²) in [5.41, 5.74) is 8.10. The number of likely N-dealkylation sites (tertiary alicyclic amines) is 1. The Morgan fingerprint density at radius 1 is 1.17 bits per heavy atom. The van der Waals surface area contributed by atoms with Crippen molar-refractivity contribution >= 4 is 11.9 Å². The zero-order valence-electron chi connectivity index (χ0n) is 16.5. The zero-order chi connectivity index (χ0) is 20.9. The predicted molar refractivity (Wildman–Crippen MR) is 112 cm³/mol. The van der Waals surface area contributed by atoms with Crippen molar-refractivity contribution in [1.29, 1.82) is 0 Å². The fourth-order valence-electron chi connectivity index (χ4n) is 3.78. The van der Waals surface area contributed by atoms with Crippen LogP contribution >= 0.6 is 0 Å². The molecule has 2 N–H and O–H groups in total. The molecule has 1 aliphatic heterocycles. The molecule has 30 heavy (non-hydrogen) atoms. The highest BCUT2D eigenvalue weighted by Gasteiger charge is 2.32. The van der Waals surface area contributed by atoms with Gasteiger partial charge in [-0.05, 0) is 42.7 Å². The minimum atomic E-state index is -0.312. The van der Waals surface area contributed by atoms with E-state index < -0.39 is 0 Å². The molecule has 0 spiro atoms. The number of hydrogen-bond acceptors (Lipinski definition) is 5. The van der Waals surface area contributed by atoms with Crippen molar-refractivity contribution in [2.45, 2.75) is 25.3 Å². The average molecular weight is 406 g/mol. The van der Waals surface area contributed by atoms with Crippen molar-refractivity contribution in [2.75, 3.05) is 18.9 Å². The van der Waals surface area contributed by atoms with Gasteiger partial charge in [0.05, 0.1) is 24.8 Å². The smallest absolute Gasteiger partial charge is 0.226 e. The lowest BCUT2D eigenvalue weighted by Crippen LogP contribution is -2.32. The van der Waals surface area contributed by atoms with E-state index in [1.54, 1.807) is 18.3 Å². The number of benzene rings is 2. The van der Waals surface area contributed by atoms with Crippen molar-refractivity contribution in [3.05, 3.63) is 72.3 Å². The maximum Gasteiger partial charge on any atom is 0.226 e. The minimum Gasteiger partial charge on any atom is -0.493 e. The summed E-state index contributed by atoms with van der Waals surface area (Å²) in [5, 5.41) is 0. The second-order valence-electron chi connectivity index (χ2n) is 7.19. The fraction of sp³-hybridized carbons (Fsp3) is 0.261. The summed E-state index contributed by atoms with van der Waals surface area (Å²) in [6.07, 6.45) is 3.58. The van der Waals surface area contributed by atoms with Crippen molar-refractivity contribution in [3.8, 4) is 16.9 Å². The van der Waals surface area contributed by atoms with Gasteiger partial charge in [0, 0.05) is 18.3 Å². The molecule has 7 heteroatoms. The molecule has 0 unspecified atom stereocenters. The van der Waals surface area contributed by atoms with E-state index in [-0.39, 0.29) is 30.1 Å². The third-order valence-corrected chi connectivity index (χ3v) is 5.21. The van der Waals surface area contributed by atoms with E-state index in [9.17, 15) is 9.18 Å². The van der Waals surface area contributed by atoms with Gasteiger partial charge in [0.25, 0.3) is 0 Å². The average Bonchev–Trinajstić information content (AvgIpc) is 3.25. The molecule has 2 heterocycles. The number of nitrogen functional groups attached to an aromatic ring is 1. The maximum absolute atomic E-state index is 13.4. The number of carbonyl (C=O) groups is 1. The van der Waals surface area contributed by atoms with Crippen LogP contribution in [-0.2, 0) is 4.79 Å². The Hall–Kier alpha value is -3.48. The van der Waals surface area contributed by atoms with E-state index in [0.717, 1.165) is 29.7 Å². The number of hydrogen-bond donors (Lipinski definition) is 1. The number of ether oxygens (including phenoxy) is 1. The lowest BCUT2D eigenvalue weighted by Gasteiger charge is -2.26. The number of nitrogens with zero attached hydrogens (tertiary/aromatic N) is 3. The second-order valence-corrected chi connectivity index (χ2v) is 7.19. The number of nitrogens with two attached hydrogens (primary N) is 1. The lowest BCUT2D eigenvalue weighted by molar-refractivity contribution is -0.132. The third kappa shape index (κ3) is 4.40. The van der Waals surface area contributed by atoms with Crippen LogP contribution in [0.25, 0.3) is 11.1 Å². The number of rotatable bonds is 6. The van der Waals surface area contributed by atoms with Crippen LogP contribution in [-0.4, -0.2) is 33.9 Å². The first-order chi connectivity index (χ1) is 14.6. The molecule has 6 nitrogen and oxygen atoms in total. The molecule has 0 bridgehead atoms. The molecule has 154 valence electrons. The molecule has 1 fully saturated rings. The third-order valence-electron chi connectivity index (χ3n) is 5.21. The van der Waals surface area contributed by atoms with Crippen LogP contribution < -0.4 is 10.5 Å². The minimum absolute atomic E-state index is 0.00988. The van der Waals surface area contributed by atoms with Crippen LogP contribution in [0.3, 0.4) is 0 Å². The van der Waals surface area contributed by atoms with E-state index in [1.165, 1.54) is 12.1 Å². The standard InChI is InChI=1S/C23H23FN4O2/c24-17-10-8-16(9-11-17)19-15-26-23(25)27-22(19)20-7-4-13-28(20)21(29)12-14-30-18-5-2-1-3-6-18/h1-3,5-6,8-11,15,20H,4,7,12-14H2,(H2,25,26,27)/t20-/m0/s1. The van der Waals surface area contributed by atoms with Crippen LogP contribution in [0.5, 0.6) is 5.75 Å². The summed E-state index contributed by atoms with van der Waals surface area (Å²) in [4.78, 5) is 23.3. The van der Waals surface area contributed by atoms with Crippen molar-refractivity contribution in [2.24, 2.45) is 0 Å². The molecule has 0 radical (unpaired) electrons. The zero-order valence-corrected chi connectivity index (χ0v) is 16.5. The summed E-state index contributed by atoms with van der Waals surface area (Å²) in [7, 11) is 0. The van der Waals surface area contributed by atoms with E-state index in [0.29, 0.717) is 18.8 Å². The summed E-state index contributed by atoms with van der Waals surface area (Å²) < 4.78 is 19.0. The quantitative estimate of drug-likeness (QED) is 0.669. The number of carbonyl (C=O) groups excluding carboxylic acids is 1. The van der Waals surface area contributed by atoms with Crippen molar-refractivity contribution in [3.63, 3.8) is 0 Å². The molecule has 1 aromatic heterocycles. The van der Waals surface area contributed by atoms with Gasteiger partial charge in [-0.3, -0.25) is 4.79 Å². The van der Waals surface area contributed by atoms with E-state index >= 15 is 0 Å². The molecule has 0 aliphatic carbocycles. The van der Waals surface area contributed by atoms with Crippen LogP contribution in [0.2, 0.25) is 0 Å². The molecule has 1 amide bonds. The van der Waals surface area contributed by atoms with Crippen molar-refractivity contribution < 1.29 is 13.9 Å². The summed E-state index contributed by atoms with van der Waals surface area (Å²) in [6.45, 7) is 0.963. The Morgan fingerprint density at radius 3 is 2.70 bits per heavy atom. The molecule has 2 aromatic carbocycles. The largest absolute Gasteiger partial charge is 0.493 e. The second kappa shape index (κ2) is 8.90. The van der Waals surface area contributed by atoms with Gasteiger partial charge in [-0.2, -0.15) is 0 Å². The van der Waals surface area contributed by atoms with Gasteiger partial charge in [0.15, 0.2) is 0 Å². The summed E-state index contributed by atoms with van der Waals surface area (Å²) in [5.74, 6) is 0.594. The Morgan fingerprint density at radius 2 is 1.93 bits per heavy atom. The number of amides is 1. The Balaban J connectivity index is 1.52. The van der Waals surface area contributed by atoms with Crippen LogP contribution in [0.1, 0.15) is 31.0 Å². The van der Waals surface area contributed by atoms with Gasteiger partial charge in [-0.1, -0.05) is 30.3 Å². The molecular weight excluding hydrogens is 383 g/mol. The first kappa shape index (κ1) is 19.8. The van der Waals surface area contributed by atoms with Crippen LogP contribution in [0, 0.1) is 5.82 Å². The summed E-state index contributed by atoms with van der Waals surface area (Å²) >= 11 is 0. The van der Waals surface area contributed by atoms with E-state index in [2.05, 4.69) is 9.97 Å². The van der Waals surface area contributed by atoms with E-state index in [4.69, 9.17) is 10.5 Å². The van der Waals surface area contributed by atoms with Gasteiger partial charge < -0.3 is 15.4 Å². The number of halogens is 1. The molecule has 1 atom stereocenters. The van der Waals surface area contributed by atoms with Crippen molar-refractivity contribution in [1.82, 2.24) is 14.9 Å². The molecule has 1 aliphatic rings.